The highest BCUT2D eigenvalue weighted by Gasteiger charge is 2.33. The molecule has 0 amide bonds. The number of phenolic OH excluding ortho intramolecular Hbond substituents is 1. The van der Waals surface area contributed by atoms with Gasteiger partial charge in [0.05, 0.1) is 6.04 Å². The van der Waals surface area contributed by atoms with E-state index in [2.05, 4.69) is 4.90 Å². The van der Waals surface area contributed by atoms with E-state index in [4.69, 9.17) is 10.5 Å². The van der Waals surface area contributed by atoms with Gasteiger partial charge in [-0.05, 0) is 37.6 Å². The number of nitrogens with zero attached hydrogens (tertiary/aromatic N) is 1. The van der Waals surface area contributed by atoms with Crippen molar-refractivity contribution < 1.29 is 9.84 Å². The summed E-state index contributed by atoms with van der Waals surface area (Å²) >= 11 is 0. The molecule has 1 fully saturated rings. The zero-order valence-electron chi connectivity index (χ0n) is 9.80. The van der Waals surface area contributed by atoms with Gasteiger partial charge in [-0.1, -0.05) is 0 Å². The minimum absolute atomic E-state index is 0.269. The molecule has 1 aromatic rings. The van der Waals surface area contributed by atoms with Crippen molar-refractivity contribution in [3.05, 3.63) is 23.8 Å². The summed E-state index contributed by atoms with van der Waals surface area (Å²) in [5.41, 5.74) is 6.91. The third-order valence-corrected chi connectivity index (χ3v) is 3.84. The van der Waals surface area contributed by atoms with Gasteiger partial charge in [-0.15, -0.1) is 0 Å². The van der Waals surface area contributed by atoms with Gasteiger partial charge in [-0.25, -0.2) is 0 Å². The normalized spacial score (nSPS) is 28.1. The van der Waals surface area contributed by atoms with E-state index in [0.717, 1.165) is 25.4 Å². The van der Waals surface area contributed by atoms with Crippen molar-refractivity contribution >= 4 is 0 Å². The predicted octanol–water partition coefficient (Wildman–Crippen LogP) is 1.11. The lowest BCUT2D eigenvalue weighted by Gasteiger charge is -2.22. The van der Waals surface area contributed by atoms with E-state index in [1.165, 1.54) is 12.0 Å². The van der Waals surface area contributed by atoms with E-state index in [1.807, 2.05) is 6.07 Å². The van der Waals surface area contributed by atoms with Crippen molar-refractivity contribution in [2.45, 2.75) is 12.5 Å². The number of phenols is 1. The van der Waals surface area contributed by atoms with Crippen LogP contribution in [0, 0.1) is 5.92 Å². The van der Waals surface area contributed by atoms with Crippen LogP contribution in [0.3, 0.4) is 0 Å². The molecule has 4 heteroatoms. The number of likely N-dealkylation sites (tertiary alicyclic amines) is 1. The molecule has 2 atom stereocenters. The Balaban J connectivity index is 1.80. The third-order valence-electron chi connectivity index (χ3n) is 3.84. The fraction of sp³-hybridized carbons (Fsp3) is 0.538. The van der Waals surface area contributed by atoms with Crippen molar-refractivity contribution in [3.8, 4) is 11.5 Å². The van der Waals surface area contributed by atoms with E-state index in [0.29, 0.717) is 18.6 Å². The molecule has 0 radical (unpaired) electrons. The van der Waals surface area contributed by atoms with Crippen LogP contribution in [0.25, 0.3) is 0 Å². The number of hydrogen-bond acceptors (Lipinski definition) is 4. The molecule has 2 unspecified atom stereocenters. The standard InChI is InChI=1S/C13H18N2O2/c14-6-9-3-4-15(7-9)12-8-17-13-5-10(16)1-2-11(12)13/h1-2,5,9,12,16H,3-4,6-8,14H2. The van der Waals surface area contributed by atoms with Crippen molar-refractivity contribution in [1.29, 1.82) is 0 Å². The first-order valence-electron chi connectivity index (χ1n) is 6.18. The van der Waals surface area contributed by atoms with Gasteiger partial charge in [0.15, 0.2) is 0 Å². The molecule has 0 aromatic heterocycles. The van der Waals surface area contributed by atoms with Crippen LogP contribution in [0.2, 0.25) is 0 Å². The van der Waals surface area contributed by atoms with E-state index >= 15 is 0 Å². The molecule has 0 bridgehead atoms. The van der Waals surface area contributed by atoms with Gasteiger partial charge < -0.3 is 15.6 Å². The molecule has 2 aliphatic heterocycles. The molecule has 0 aliphatic carbocycles. The Morgan fingerprint density at radius 2 is 2.35 bits per heavy atom. The summed E-state index contributed by atoms with van der Waals surface area (Å²) in [4.78, 5) is 2.44. The summed E-state index contributed by atoms with van der Waals surface area (Å²) in [7, 11) is 0. The maximum atomic E-state index is 9.42. The van der Waals surface area contributed by atoms with Crippen LogP contribution < -0.4 is 10.5 Å². The number of ether oxygens (including phenoxy) is 1. The third kappa shape index (κ3) is 1.87. The highest BCUT2D eigenvalue weighted by Crippen LogP contribution is 2.39. The fourth-order valence-electron chi connectivity index (χ4n) is 2.82. The minimum Gasteiger partial charge on any atom is -0.508 e. The number of benzene rings is 1. The Morgan fingerprint density at radius 1 is 1.47 bits per heavy atom. The number of hydrogen-bond donors (Lipinski definition) is 2. The van der Waals surface area contributed by atoms with Crippen LogP contribution in [0.1, 0.15) is 18.0 Å². The lowest BCUT2D eigenvalue weighted by atomic mass is 10.1. The second-order valence-corrected chi connectivity index (χ2v) is 4.93. The van der Waals surface area contributed by atoms with Crippen LogP contribution in [0.4, 0.5) is 0 Å². The van der Waals surface area contributed by atoms with E-state index < -0.39 is 0 Å². The molecular weight excluding hydrogens is 216 g/mol. The Kier molecular flexibility index (Phi) is 2.68. The maximum absolute atomic E-state index is 9.42. The molecule has 1 saturated heterocycles. The summed E-state index contributed by atoms with van der Waals surface area (Å²) < 4.78 is 5.64. The first-order chi connectivity index (χ1) is 8.28. The summed E-state index contributed by atoms with van der Waals surface area (Å²) in [5, 5.41) is 9.42. The van der Waals surface area contributed by atoms with Crippen LogP contribution in [0.15, 0.2) is 18.2 Å². The minimum atomic E-state index is 0.269. The molecule has 0 spiro atoms. The average molecular weight is 234 g/mol. The molecule has 17 heavy (non-hydrogen) atoms. The summed E-state index contributed by atoms with van der Waals surface area (Å²) in [6, 6.07) is 5.74. The van der Waals surface area contributed by atoms with Gasteiger partial charge in [0, 0.05) is 18.2 Å². The Labute approximate surface area is 101 Å². The Bertz CT molecular complexity index is 422. The summed E-state index contributed by atoms with van der Waals surface area (Å²) in [6.45, 7) is 3.61. The quantitative estimate of drug-likeness (QED) is 0.804. The number of aromatic hydroxyl groups is 1. The smallest absolute Gasteiger partial charge is 0.127 e. The van der Waals surface area contributed by atoms with E-state index in [9.17, 15) is 5.11 Å². The number of rotatable bonds is 2. The van der Waals surface area contributed by atoms with Crippen molar-refractivity contribution in [1.82, 2.24) is 4.90 Å². The zero-order valence-corrected chi connectivity index (χ0v) is 9.80. The SMILES string of the molecule is NCC1CCN(C2COc3cc(O)ccc32)C1. The first kappa shape index (κ1) is 10.9. The Hall–Kier alpha value is -1.26. The van der Waals surface area contributed by atoms with Gasteiger partial charge in [0.2, 0.25) is 0 Å². The van der Waals surface area contributed by atoms with E-state index in [1.54, 1.807) is 12.1 Å². The summed E-state index contributed by atoms with van der Waals surface area (Å²) in [5.74, 6) is 1.72. The second-order valence-electron chi connectivity index (χ2n) is 4.93. The molecule has 4 nitrogen and oxygen atoms in total. The molecule has 2 aliphatic rings. The largest absolute Gasteiger partial charge is 0.508 e. The molecular formula is C13H18N2O2. The second kappa shape index (κ2) is 4.20. The molecule has 3 N–H and O–H groups in total. The first-order valence-corrected chi connectivity index (χ1v) is 6.18. The van der Waals surface area contributed by atoms with E-state index in [-0.39, 0.29) is 5.75 Å². The van der Waals surface area contributed by atoms with Crippen molar-refractivity contribution in [3.63, 3.8) is 0 Å². The fourth-order valence-corrected chi connectivity index (χ4v) is 2.82. The zero-order chi connectivity index (χ0) is 11.8. The van der Waals surface area contributed by atoms with Gasteiger partial charge in [0.1, 0.15) is 18.1 Å². The van der Waals surface area contributed by atoms with Crippen molar-refractivity contribution in [2.24, 2.45) is 11.7 Å². The number of fused-ring (bicyclic) bond motifs is 1. The molecule has 2 heterocycles. The topological polar surface area (TPSA) is 58.7 Å². The Morgan fingerprint density at radius 3 is 3.12 bits per heavy atom. The summed E-state index contributed by atoms with van der Waals surface area (Å²) in [6.07, 6.45) is 1.18. The molecule has 3 rings (SSSR count). The van der Waals surface area contributed by atoms with Crippen molar-refractivity contribution in [2.75, 3.05) is 26.2 Å². The number of nitrogens with two attached hydrogens (primary N) is 1. The molecule has 92 valence electrons. The lowest BCUT2D eigenvalue weighted by molar-refractivity contribution is 0.190. The van der Waals surface area contributed by atoms with Gasteiger partial charge in [0.25, 0.3) is 0 Å². The lowest BCUT2D eigenvalue weighted by Crippen LogP contribution is -2.28. The van der Waals surface area contributed by atoms with Gasteiger partial charge in [-0.2, -0.15) is 0 Å². The molecule has 1 aromatic carbocycles. The van der Waals surface area contributed by atoms with Crippen LogP contribution in [-0.4, -0.2) is 36.2 Å². The highest BCUT2D eigenvalue weighted by molar-refractivity contribution is 5.44. The van der Waals surface area contributed by atoms with Crippen LogP contribution in [0.5, 0.6) is 11.5 Å². The van der Waals surface area contributed by atoms with Crippen LogP contribution >= 0.6 is 0 Å². The average Bonchev–Trinajstić information content (AvgIpc) is 2.93. The highest BCUT2D eigenvalue weighted by atomic mass is 16.5. The van der Waals surface area contributed by atoms with Crippen LogP contribution in [-0.2, 0) is 0 Å². The molecule has 0 saturated carbocycles. The van der Waals surface area contributed by atoms with Gasteiger partial charge >= 0.3 is 0 Å². The predicted molar refractivity (Wildman–Crippen MR) is 65.1 cm³/mol. The monoisotopic (exact) mass is 234 g/mol. The maximum Gasteiger partial charge on any atom is 0.127 e. The van der Waals surface area contributed by atoms with Gasteiger partial charge in [-0.3, -0.25) is 4.90 Å².